The van der Waals surface area contributed by atoms with Gasteiger partial charge in [0, 0.05) is 11.9 Å². The van der Waals surface area contributed by atoms with E-state index >= 15 is 0 Å². The molecule has 26 heavy (non-hydrogen) atoms. The third-order valence-electron chi connectivity index (χ3n) is 3.58. The number of rotatable bonds is 6. The lowest BCUT2D eigenvalue weighted by Gasteiger charge is -2.10. The summed E-state index contributed by atoms with van der Waals surface area (Å²) in [4.78, 5) is 24.1. The SMILES string of the molecule is Cc1ccc(NC(=O)COC(=O)c2cccc(CS(C)(=O)=O)c2)c(C)c1. The van der Waals surface area contributed by atoms with Crippen LogP contribution in [0.3, 0.4) is 0 Å². The van der Waals surface area contributed by atoms with E-state index in [4.69, 9.17) is 4.74 Å². The molecule has 0 aliphatic heterocycles. The molecule has 0 saturated carbocycles. The van der Waals surface area contributed by atoms with Crippen molar-refractivity contribution in [2.75, 3.05) is 18.2 Å². The molecule has 1 N–H and O–H groups in total. The van der Waals surface area contributed by atoms with E-state index in [-0.39, 0.29) is 11.3 Å². The van der Waals surface area contributed by atoms with Gasteiger partial charge in [-0.15, -0.1) is 0 Å². The molecule has 0 aliphatic carbocycles. The van der Waals surface area contributed by atoms with E-state index in [1.165, 1.54) is 12.1 Å². The molecule has 0 bridgehead atoms. The molecule has 0 aromatic heterocycles. The average molecular weight is 375 g/mol. The largest absolute Gasteiger partial charge is 0.452 e. The van der Waals surface area contributed by atoms with Crippen molar-refractivity contribution in [1.29, 1.82) is 0 Å². The summed E-state index contributed by atoms with van der Waals surface area (Å²) in [5.41, 5.74) is 3.35. The van der Waals surface area contributed by atoms with Crippen molar-refractivity contribution in [3.05, 3.63) is 64.7 Å². The molecule has 0 fully saturated rings. The van der Waals surface area contributed by atoms with Gasteiger partial charge in [0.25, 0.3) is 5.91 Å². The number of sulfone groups is 1. The molecule has 2 rings (SSSR count). The molecule has 2 aromatic carbocycles. The molecule has 0 spiro atoms. The molecule has 1 amide bonds. The highest BCUT2D eigenvalue weighted by Gasteiger charge is 2.13. The fourth-order valence-corrected chi connectivity index (χ4v) is 3.23. The maximum Gasteiger partial charge on any atom is 0.338 e. The van der Waals surface area contributed by atoms with E-state index in [9.17, 15) is 18.0 Å². The van der Waals surface area contributed by atoms with E-state index in [1.807, 2.05) is 26.0 Å². The summed E-state index contributed by atoms with van der Waals surface area (Å²) < 4.78 is 27.7. The zero-order chi connectivity index (χ0) is 19.3. The molecule has 0 unspecified atom stereocenters. The number of hydrogen-bond acceptors (Lipinski definition) is 5. The summed E-state index contributed by atoms with van der Waals surface area (Å²) >= 11 is 0. The fraction of sp³-hybridized carbons (Fsp3) is 0.263. The van der Waals surface area contributed by atoms with Crippen molar-refractivity contribution in [2.24, 2.45) is 0 Å². The van der Waals surface area contributed by atoms with E-state index < -0.39 is 28.3 Å². The molecule has 0 atom stereocenters. The van der Waals surface area contributed by atoms with E-state index in [0.717, 1.165) is 17.4 Å². The zero-order valence-corrected chi connectivity index (χ0v) is 15.7. The normalized spacial score (nSPS) is 11.0. The minimum absolute atomic E-state index is 0.165. The van der Waals surface area contributed by atoms with Gasteiger partial charge in [-0.05, 0) is 43.2 Å². The van der Waals surface area contributed by atoms with Gasteiger partial charge < -0.3 is 10.1 Å². The Morgan fingerprint density at radius 2 is 1.81 bits per heavy atom. The Kier molecular flexibility index (Phi) is 6.15. The number of carbonyl (C=O) groups excluding carboxylic acids is 2. The lowest BCUT2D eigenvalue weighted by molar-refractivity contribution is -0.119. The predicted octanol–water partition coefficient (Wildman–Crippen LogP) is 2.64. The molecular formula is C19H21NO5S. The number of hydrogen-bond donors (Lipinski definition) is 1. The summed E-state index contributed by atoms with van der Waals surface area (Å²) in [5, 5.41) is 2.69. The molecule has 7 heteroatoms. The van der Waals surface area contributed by atoms with Crippen LogP contribution in [0.15, 0.2) is 42.5 Å². The molecular weight excluding hydrogens is 354 g/mol. The van der Waals surface area contributed by atoms with Crippen molar-refractivity contribution in [1.82, 2.24) is 0 Å². The number of amides is 1. The van der Waals surface area contributed by atoms with Crippen LogP contribution in [0.5, 0.6) is 0 Å². The Morgan fingerprint density at radius 1 is 1.08 bits per heavy atom. The van der Waals surface area contributed by atoms with Crippen LogP contribution >= 0.6 is 0 Å². The smallest absolute Gasteiger partial charge is 0.338 e. The third kappa shape index (κ3) is 6.00. The Balaban J connectivity index is 1.95. The quantitative estimate of drug-likeness (QED) is 0.784. The van der Waals surface area contributed by atoms with Crippen molar-refractivity contribution >= 4 is 27.4 Å². The molecule has 2 aromatic rings. The highest BCUT2D eigenvalue weighted by atomic mass is 32.2. The van der Waals surface area contributed by atoms with Gasteiger partial charge in [-0.1, -0.05) is 29.8 Å². The summed E-state index contributed by atoms with van der Waals surface area (Å²) in [5.74, 6) is -1.30. The summed E-state index contributed by atoms with van der Waals surface area (Å²) in [6, 6.07) is 11.8. The van der Waals surface area contributed by atoms with Gasteiger partial charge in [-0.2, -0.15) is 0 Å². The number of esters is 1. The molecule has 0 radical (unpaired) electrons. The number of nitrogens with one attached hydrogen (secondary N) is 1. The number of carbonyl (C=O) groups is 2. The summed E-state index contributed by atoms with van der Waals surface area (Å²) in [6.45, 7) is 3.41. The maximum absolute atomic E-state index is 12.1. The van der Waals surface area contributed by atoms with Gasteiger partial charge in [0.2, 0.25) is 0 Å². The van der Waals surface area contributed by atoms with E-state index in [2.05, 4.69) is 5.32 Å². The number of benzene rings is 2. The second-order valence-electron chi connectivity index (χ2n) is 6.21. The van der Waals surface area contributed by atoms with Crippen LogP contribution in [-0.2, 0) is 25.1 Å². The third-order valence-corrected chi connectivity index (χ3v) is 4.44. The first-order valence-electron chi connectivity index (χ1n) is 7.95. The molecule has 0 heterocycles. The van der Waals surface area contributed by atoms with Crippen molar-refractivity contribution in [3.63, 3.8) is 0 Å². The lowest BCUT2D eigenvalue weighted by Crippen LogP contribution is -2.21. The first-order valence-corrected chi connectivity index (χ1v) is 10.0. The summed E-state index contributed by atoms with van der Waals surface area (Å²) in [6.07, 6.45) is 1.12. The minimum Gasteiger partial charge on any atom is -0.452 e. The van der Waals surface area contributed by atoms with Crippen LogP contribution in [0.1, 0.15) is 27.0 Å². The Hall–Kier alpha value is -2.67. The lowest BCUT2D eigenvalue weighted by atomic mass is 10.1. The standard InChI is InChI=1S/C19H21NO5S/c1-13-7-8-17(14(2)9-13)20-18(21)11-25-19(22)16-6-4-5-15(10-16)12-26(3,23)24/h4-10H,11-12H2,1-3H3,(H,20,21). The van der Waals surface area contributed by atoms with E-state index in [0.29, 0.717) is 11.3 Å². The number of ether oxygens (including phenoxy) is 1. The Bertz CT molecular complexity index is 935. The summed E-state index contributed by atoms with van der Waals surface area (Å²) in [7, 11) is -3.20. The average Bonchev–Trinajstić information content (AvgIpc) is 2.54. The van der Waals surface area contributed by atoms with E-state index in [1.54, 1.807) is 18.2 Å². The van der Waals surface area contributed by atoms with Crippen LogP contribution in [-0.4, -0.2) is 33.2 Å². The Labute approximate surface area is 153 Å². The zero-order valence-electron chi connectivity index (χ0n) is 14.9. The van der Waals surface area contributed by atoms with Crippen LogP contribution in [0.4, 0.5) is 5.69 Å². The highest BCUT2D eigenvalue weighted by molar-refractivity contribution is 7.89. The second kappa shape index (κ2) is 8.14. The van der Waals surface area contributed by atoms with Gasteiger partial charge in [-0.25, -0.2) is 13.2 Å². The van der Waals surface area contributed by atoms with Crippen LogP contribution in [0.2, 0.25) is 0 Å². The minimum atomic E-state index is -3.20. The van der Waals surface area contributed by atoms with Crippen LogP contribution < -0.4 is 5.32 Å². The predicted molar refractivity (Wildman–Crippen MR) is 99.8 cm³/mol. The van der Waals surface area contributed by atoms with Gasteiger partial charge in [0.05, 0.1) is 11.3 Å². The molecule has 0 saturated heterocycles. The van der Waals surface area contributed by atoms with Gasteiger partial charge in [-0.3, -0.25) is 4.79 Å². The fourth-order valence-electron chi connectivity index (χ4n) is 2.45. The Morgan fingerprint density at radius 3 is 2.46 bits per heavy atom. The molecule has 138 valence electrons. The molecule has 6 nitrogen and oxygen atoms in total. The first-order chi connectivity index (χ1) is 12.1. The van der Waals surface area contributed by atoms with Crippen molar-refractivity contribution in [3.8, 4) is 0 Å². The first kappa shape index (κ1) is 19.7. The van der Waals surface area contributed by atoms with Crippen LogP contribution in [0.25, 0.3) is 0 Å². The monoisotopic (exact) mass is 375 g/mol. The van der Waals surface area contributed by atoms with Crippen molar-refractivity contribution < 1.29 is 22.7 Å². The van der Waals surface area contributed by atoms with Gasteiger partial charge in [0.15, 0.2) is 16.4 Å². The van der Waals surface area contributed by atoms with Gasteiger partial charge >= 0.3 is 5.97 Å². The van der Waals surface area contributed by atoms with Gasteiger partial charge in [0.1, 0.15) is 0 Å². The van der Waals surface area contributed by atoms with Crippen molar-refractivity contribution in [2.45, 2.75) is 19.6 Å². The van der Waals surface area contributed by atoms with Crippen LogP contribution in [0, 0.1) is 13.8 Å². The maximum atomic E-state index is 12.1. The highest BCUT2D eigenvalue weighted by Crippen LogP contribution is 2.16. The topological polar surface area (TPSA) is 89.5 Å². The molecule has 0 aliphatic rings. The number of aryl methyl sites for hydroxylation is 2. The number of anilines is 1. The second-order valence-corrected chi connectivity index (χ2v) is 8.35.